The van der Waals surface area contributed by atoms with Gasteiger partial charge in [0.25, 0.3) is 0 Å². The summed E-state index contributed by atoms with van der Waals surface area (Å²) >= 11 is 0. The summed E-state index contributed by atoms with van der Waals surface area (Å²) in [6, 6.07) is 74.4. The Hall–Kier alpha value is -9.65. The van der Waals surface area contributed by atoms with E-state index in [0.717, 1.165) is 77.9 Å². The average molecular weight is 988 g/mol. The lowest BCUT2D eigenvalue weighted by atomic mass is 9.86. The molecule has 0 aliphatic carbocycles. The van der Waals surface area contributed by atoms with Crippen molar-refractivity contribution < 1.29 is 16.3 Å². The van der Waals surface area contributed by atoms with Crippen LogP contribution in [-0.4, -0.2) is 16.2 Å². The van der Waals surface area contributed by atoms with Gasteiger partial charge in [-0.15, -0.1) is 0 Å². The number of ether oxygens (including phenoxy) is 2. The van der Waals surface area contributed by atoms with Gasteiger partial charge in [-0.2, -0.15) is 0 Å². The first kappa shape index (κ1) is 40.8. The van der Waals surface area contributed by atoms with Crippen LogP contribution in [0, 0.1) is 0 Å². The minimum atomic E-state index is -0.461. The van der Waals surface area contributed by atoms with Crippen molar-refractivity contribution in [3.63, 3.8) is 0 Å². The molecule has 13 rings (SSSR count). The first-order chi connectivity index (χ1) is 39.4. The summed E-state index contributed by atoms with van der Waals surface area (Å²) in [5, 5.41) is 2.04. The summed E-state index contributed by atoms with van der Waals surface area (Å²) in [4.78, 5) is 9.71. The van der Waals surface area contributed by atoms with Crippen molar-refractivity contribution in [2.45, 2.75) is 26.2 Å². The Bertz CT molecular complexity index is 4300. The Balaban J connectivity index is 0.865. The van der Waals surface area contributed by atoms with Crippen LogP contribution >= 0.6 is 0 Å². The summed E-state index contributed by atoms with van der Waals surface area (Å²) in [5.41, 5.74) is 13.7. The maximum atomic E-state index is 9.01. The van der Waals surface area contributed by atoms with E-state index in [0.29, 0.717) is 46.6 Å². The quantitative estimate of drug-likeness (QED) is 0.129. The van der Waals surface area contributed by atoms with E-state index < -0.39 is 18.1 Å². The fraction of sp³-hybridized carbons (Fsp3) is 0.0714. The Morgan fingerprint density at radius 1 is 0.447 bits per heavy atom. The lowest BCUT2D eigenvalue weighted by Crippen LogP contribution is -2.24. The molecule has 0 spiro atoms. The molecule has 3 heterocycles. The highest BCUT2D eigenvalue weighted by molar-refractivity contribution is 6.09. The van der Waals surface area contributed by atoms with Crippen LogP contribution in [0.25, 0.3) is 72.1 Å². The van der Waals surface area contributed by atoms with E-state index in [1.807, 2.05) is 66.7 Å². The van der Waals surface area contributed by atoms with Gasteiger partial charge in [0.05, 0.1) is 34.9 Å². The van der Waals surface area contributed by atoms with Crippen LogP contribution in [0.15, 0.2) is 261 Å². The van der Waals surface area contributed by atoms with Crippen molar-refractivity contribution in [2.75, 3.05) is 16.5 Å². The van der Waals surface area contributed by atoms with E-state index in [9.17, 15) is 0 Å². The summed E-state index contributed by atoms with van der Waals surface area (Å²) in [7, 11) is 0. The normalized spacial score (nSPS) is 13.2. The molecule has 12 aromatic rings. The number of aromatic nitrogens is 2. The second kappa shape index (κ2) is 19.3. The number of anilines is 4. The SMILES string of the molecule is [2H]c1c([2H])c([2H])c(-c2cccc(-c3ccc(C(C)(C)C)cc3)c2Oc2ccnc(-n3c4ccccc4c4ccc(Oc5cccc(N6CN(c7c(-c8ccccc8)cccc7-c7ccccc7)c7ccccc76)c5)cc43)c2)c([2H])c1[2H]. The molecule has 366 valence electrons. The molecule has 6 nitrogen and oxygen atoms in total. The molecular formula is C70H54N4O2. The predicted molar refractivity (Wildman–Crippen MR) is 314 cm³/mol. The number of hydrogen-bond donors (Lipinski definition) is 0. The lowest BCUT2D eigenvalue weighted by Gasteiger charge is -2.27. The van der Waals surface area contributed by atoms with Crippen molar-refractivity contribution in [2.24, 2.45) is 0 Å². The van der Waals surface area contributed by atoms with Crippen molar-refractivity contribution in [1.29, 1.82) is 0 Å². The van der Waals surface area contributed by atoms with Gasteiger partial charge in [-0.05, 0) is 81.8 Å². The molecule has 0 saturated carbocycles. The molecule has 76 heavy (non-hydrogen) atoms. The molecule has 2 aromatic heterocycles. The van der Waals surface area contributed by atoms with Crippen LogP contribution in [0.2, 0.25) is 0 Å². The van der Waals surface area contributed by atoms with E-state index >= 15 is 0 Å². The molecule has 10 aromatic carbocycles. The van der Waals surface area contributed by atoms with Crippen molar-refractivity contribution in [3.05, 3.63) is 266 Å². The molecule has 1 aliphatic rings. The Morgan fingerprint density at radius 3 is 1.74 bits per heavy atom. The zero-order valence-electron chi connectivity index (χ0n) is 47.3. The van der Waals surface area contributed by atoms with Gasteiger partial charge in [-0.1, -0.05) is 209 Å². The van der Waals surface area contributed by atoms with Crippen LogP contribution in [0.1, 0.15) is 33.2 Å². The van der Waals surface area contributed by atoms with Gasteiger partial charge < -0.3 is 19.3 Å². The number of nitrogens with zero attached hydrogens (tertiary/aromatic N) is 4. The number of fused-ring (bicyclic) bond motifs is 4. The zero-order valence-corrected chi connectivity index (χ0v) is 42.3. The number of hydrogen-bond acceptors (Lipinski definition) is 5. The van der Waals surface area contributed by atoms with E-state index in [-0.39, 0.29) is 23.1 Å². The molecule has 0 fully saturated rings. The highest BCUT2D eigenvalue weighted by Gasteiger charge is 2.31. The predicted octanol–water partition coefficient (Wildman–Crippen LogP) is 19.0. The molecule has 0 radical (unpaired) electrons. The highest BCUT2D eigenvalue weighted by Crippen LogP contribution is 2.51. The van der Waals surface area contributed by atoms with E-state index in [2.05, 4.69) is 181 Å². The van der Waals surface area contributed by atoms with Crippen molar-refractivity contribution >= 4 is 44.6 Å². The van der Waals surface area contributed by atoms with E-state index in [1.54, 1.807) is 18.3 Å². The molecule has 0 bridgehead atoms. The van der Waals surface area contributed by atoms with E-state index in [4.69, 9.17) is 21.3 Å². The van der Waals surface area contributed by atoms with Gasteiger partial charge in [0.15, 0.2) is 0 Å². The topological polar surface area (TPSA) is 42.8 Å². The average Bonchev–Trinajstić information content (AvgIpc) is 4.29. The number of rotatable bonds is 11. The molecule has 0 amide bonds. The van der Waals surface area contributed by atoms with Gasteiger partial charge in [0.2, 0.25) is 0 Å². The Labute approximate surface area is 451 Å². The molecule has 0 unspecified atom stereocenters. The summed E-state index contributed by atoms with van der Waals surface area (Å²) < 4.78 is 59.5. The minimum Gasteiger partial charge on any atom is -0.457 e. The maximum absolute atomic E-state index is 9.01. The Kier molecular flexibility index (Phi) is 10.4. The number of benzene rings is 10. The largest absolute Gasteiger partial charge is 0.457 e. The van der Waals surface area contributed by atoms with Crippen LogP contribution in [0.3, 0.4) is 0 Å². The van der Waals surface area contributed by atoms with Crippen LogP contribution < -0.4 is 19.3 Å². The second-order valence-electron chi connectivity index (χ2n) is 20.0. The summed E-state index contributed by atoms with van der Waals surface area (Å²) in [6.45, 7) is 7.06. The molecule has 0 saturated heterocycles. The molecule has 0 N–H and O–H groups in total. The highest BCUT2D eigenvalue weighted by atomic mass is 16.5. The number of pyridine rings is 1. The van der Waals surface area contributed by atoms with Gasteiger partial charge >= 0.3 is 0 Å². The van der Waals surface area contributed by atoms with Gasteiger partial charge in [-0.25, -0.2) is 4.98 Å². The zero-order chi connectivity index (χ0) is 55.5. The van der Waals surface area contributed by atoms with Crippen LogP contribution in [0.4, 0.5) is 22.7 Å². The maximum Gasteiger partial charge on any atom is 0.143 e. The third-order valence-electron chi connectivity index (χ3n) is 14.2. The molecule has 1 aliphatic heterocycles. The monoisotopic (exact) mass is 987 g/mol. The molecule has 6 heteroatoms. The fourth-order valence-electron chi connectivity index (χ4n) is 10.6. The Morgan fingerprint density at radius 2 is 1.03 bits per heavy atom. The summed E-state index contributed by atoms with van der Waals surface area (Å²) in [5.74, 6) is 2.67. The van der Waals surface area contributed by atoms with Crippen molar-refractivity contribution in [3.8, 4) is 73.3 Å². The third-order valence-corrected chi connectivity index (χ3v) is 14.2. The fourth-order valence-corrected chi connectivity index (χ4v) is 10.6. The van der Waals surface area contributed by atoms with Crippen molar-refractivity contribution in [1.82, 2.24) is 9.55 Å². The first-order valence-electron chi connectivity index (χ1n) is 28.0. The van der Waals surface area contributed by atoms with E-state index in [1.165, 1.54) is 0 Å². The van der Waals surface area contributed by atoms with Gasteiger partial charge in [0.1, 0.15) is 35.5 Å². The smallest absolute Gasteiger partial charge is 0.143 e. The second-order valence-corrected chi connectivity index (χ2v) is 20.0. The van der Waals surface area contributed by atoms with Gasteiger partial charge in [0, 0.05) is 63.1 Å². The molecular weight excluding hydrogens is 929 g/mol. The van der Waals surface area contributed by atoms with Gasteiger partial charge in [-0.3, -0.25) is 4.57 Å². The lowest BCUT2D eigenvalue weighted by molar-refractivity contribution is 0.483. The molecule has 0 atom stereocenters. The standard InChI is InChI=1S/C70H54N4O2/c1-70(2,3)52-38-36-51(37-39-52)60-32-19-31-59(50-24-11-6-12-25-50)69(60)76-56-42-43-71-67(46-56)74-63-33-14-13-28-61(63)62-41-40-55(45-66(62)74)75-54-27-17-26-53(44-54)72-47-73(65-35-16-15-34-64(65)72)68-57(48-20-7-4-8-21-48)29-18-30-58(68)49-22-9-5-10-23-49/h4-46H,47H2,1-3H3/i6D,11D,12D,24D,25D. The summed E-state index contributed by atoms with van der Waals surface area (Å²) in [6.07, 6.45) is 1.70. The minimum absolute atomic E-state index is 0.0492. The number of para-hydroxylation sites is 5. The first-order valence-corrected chi connectivity index (χ1v) is 25.5. The van der Waals surface area contributed by atoms with Crippen LogP contribution in [-0.2, 0) is 5.41 Å². The van der Waals surface area contributed by atoms with Crippen LogP contribution in [0.5, 0.6) is 23.0 Å². The third kappa shape index (κ3) is 8.59.